The number of hydrogen-bond donors (Lipinski definition) is 0. The fourth-order valence-corrected chi connectivity index (χ4v) is 3.62. The quantitative estimate of drug-likeness (QED) is 0.726. The molecule has 1 spiro atoms. The van der Waals surface area contributed by atoms with E-state index in [2.05, 4.69) is 24.3 Å². The van der Waals surface area contributed by atoms with Crippen molar-refractivity contribution < 1.29 is 9.53 Å². The van der Waals surface area contributed by atoms with Crippen molar-refractivity contribution in [1.29, 1.82) is 0 Å². The predicted molar refractivity (Wildman–Crippen MR) is 83.3 cm³/mol. The Labute approximate surface area is 127 Å². The Hall–Kier alpha value is -1.51. The number of nitrogens with zero attached hydrogens (tertiary/aromatic N) is 1. The van der Waals surface area contributed by atoms with Gasteiger partial charge < -0.3 is 9.64 Å². The van der Waals surface area contributed by atoms with Gasteiger partial charge in [-0.2, -0.15) is 0 Å². The third kappa shape index (κ3) is 3.07. The maximum absolute atomic E-state index is 12.1. The lowest BCUT2D eigenvalue weighted by atomic mass is 9.76. The van der Waals surface area contributed by atoms with E-state index in [1.807, 2.05) is 25.7 Å². The van der Waals surface area contributed by atoms with E-state index in [0.717, 1.165) is 25.9 Å². The molecule has 0 aromatic heterocycles. The number of hydrogen-bond acceptors (Lipinski definition) is 2. The van der Waals surface area contributed by atoms with Gasteiger partial charge in [0.25, 0.3) is 0 Å². The number of ether oxygens (including phenoxy) is 1. The highest BCUT2D eigenvalue weighted by Crippen LogP contribution is 2.44. The van der Waals surface area contributed by atoms with Crippen LogP contribution >= 0.6 is 0 Å². The molecule has 1 aromatic carbocycles. The summed E-state index contributed by atoms with van der Waals surface area (Å²) < 4.78 is 5.48. The molecule has 3 heteroatoms. The zero-order valence-electron chi connectivity index (χ0n) is 13.3. The molecule has 0 N–H and O–H groups in total. The summed E-state index contributed by atoms with van der Waals surface area (Å²) in [4.78, 5) is 14.0. The van der Waals surface area contributed by atoms with E-state index in [0.29, 0.717) is 5.41 Å². The minimum atomic E-state index is -0.407. The van der Waals surface area contributed by atoms with E-state index in [1.54, 1.807) is 0 Å². The van der Waals surface area contributed by atoms with E-state index >= 15 is 0 Å². The van der Waals surface area contributed by atoms with Crippen LogP contribution in [0.3, 0.4) is 0 Å². The normalized spacial score (nSPS) is 20.4. The van der Waals surface area contributed by atoms with Gasteiger partial charge in [0, 0.05) is 13.1 Å². The van der Waals surface area contributed by atoms with E-state index in [4.69, 9.17) is 4.74 Å². The van der Waals surface area contributed by atoms with Crippen LogP contribution in [-0.2, 0) is 17.6 Å². The van der Waals surface area contributed by atoms with Crippen molar-refractivity contribution in [3.05, 3.63) is 35.4 Å². The third-order valence-electron chi connectivity index (χ3n) is 4.73. The fourth-order valence-electron chi connectivity index (χ4n) is 3.62. The van der Waals surface area contributed by atoms with Crippen molar-refractivity contribution in [2.45, 2.75) is 52.1 Å². The van der Waals surface area contributed by atoms with E-state index in [-0.39, 0.29) is 6.09 Å². The average Bonchev–Trinajstić information content (AvgIpc) is 2.75. The van der Waals surface area contributed by atoms with Crippen molar-refractivity contribution in [2.75, 3.05) is 13.1 Å². The molecule has 1 fully saturated rings. The Kier molecular flexibility index (Phi) is 3.46. The van der Waals surface area contributed by atoms with Gasteiger partial charge in [0.15, 0.2) is 0 Å². The van der Waals surface area contributed by atoms with Gasteiger partial charge in [-0.05, 0) is 63.0 Å². The summed E-state index contributed by atoms with van der Waals surface area (Å²) in [6.45, 7) is 7.41. The summed E-state index contributed by atoms with van der Waals surface area (Å²) in [5, 5.41) is 0. The van der Waals surface area contributed by atoms with Crippen LogP contribution in [0.25, 0.3) is 0 Å². The summed E-state index contributed by atoms with van der Waals surface area (Å²) >= 11 is 0. The number of piperidine rings is 1. The smallest absolute Gasteiger partial charge is 0.410 e. The lowest BCUT2D eigenvalue weighted by Crippen LogP contribution is -2.45. The Bertz CT molecular complexity index is 509. The van der Waals surface area contributed by atoms with Crippen molar-refractivity contribution in [1.82, 2.24) is 4.90 Å². The molecule has 1 aliphatic carbocycles. The third-order valence-corrected chi connectivity index (χ3v) is 4.73. The molecule has 1 aromatic rings. The molecule has 21 heavy (non-hydrogen) atoms. The number of benzene rings is 1. The molecule has 114 valence electrons. The molecule has 1 heterocycles. The minimum absolute atomic E-state index is 0.159. The molecule has 1 amide bonds. The Balaban J connectivity index is 1.61. The van der Waals surface area contributed by atoms with E-state index in [9.17, 15) is 4.79 Å². The molecule has 0 unspecified atom stereocenters. The highest BCUT2D eigenvalue weighted by molar-refractivity contribution is 5.68. The van der Waals surface area contributed by atoms with Crippen LogP contribution in [-0.4, -0.2) is 29.7 Å². The molecule has 3 nitrogen and oxygen atoms in total. The molecular weight excluding hydrogens is 262 g/mol. The molecule has 1 saturated heterocycles. The van der Waals surface area contributed by atoms with Gasteiger partial charge in [-0.25, -0.2) is 4.79 Å². The first kappa shape index (κ1) is 14.4. The highest BCUT2D eigenvalue weighted by Gasteiger charge is 2.41. The van der Waals surface area contributed by atoms with Crippen LogP contribution in [0.4, 0.5) is 4.79 Å². The molecule has 1 aliphatic heterocycles. The lowest BCUT2D eigenvalue weighted by molar-refractivity contribution is 0.0111. The molecular formula is C18H25NO2. The van der Waals surface area contributed by atoms with Crippen LogP contribution < -0.4 is 0 Å². The molecule has 0 radical (unpaired) electrons. The molecule has 3 rings (SSSR count). The minimum Gasteiger partial charge on any atom is -0.444 e. The second kappa shape index (κ2) is 5.04. The van der Waals surface area contributed by atoms with Gasteiger partial charge in [-0.3, -0.25) is 0 Å². The fraction of sp³-hybridized carbons (Fsp3) is 0.611. The summed E-state index contributed by atoms with van der Waals surface area (Å²) in [6, 6.07) is 8.77. The van der Waals surface area contributed by atoms with Crippen LogP contribution in [0.15, 0.2) is 24.3 Å². The zero-order valence-corrected chi connectivity index (χ0v) is 13.3. The van der Waals surface area contributed by atoms with Crippen LogP contribution in [0.2, 0.25) is 0 Å². The molecule has 2 aliphatic rings. The Morgan fingerprint density at radius 1 is 1.10 bits per heavy atom. The predicted octanol–water partition coefficient (Wildman–Crippen LogP) is 3.80. The summed E-state index contributed by atoms with van der Waals surface area (Å²) in [5.41, 5.74) is 2.98. The number of amides is 1. The standard InChI is InChI=1S/C18H25NO2/c1-17(2,3)21-16(20)19-10-8-18(9-11-19)12-14-6-4-5-7-15(14)13-18/h4-7H,8-13H2,1-3H3. The van der Waals surface area contributed by atoms with Crippen LogP contribution in [0.1, 0.15) is 44.7 Å². The van der Waals surface area contributed by atoms with Crippen molar-refractivity contribution in [3.63, 3.8) is 0 Å². The zero-order chi connectivity index (χ0) is 15.1. The highest BCUT2D eigenvalue weighted by atomic mass is 16.6. The monoisotopic (exact) mass is 287 g/mol. The van der Waals surface area contributed by atoms with Crippen molar-refractivity contribution in [3.8, 4) is 0 Å². The van der Waals surface area contributed by atoms with Gasteiger partial charge in [-0.1, -0.05) is 24.3 Å². The Morgan fingerprint density at radius 3 is 2.10 bits per heavy atom. The van der Waals surface area contributed by atoms with Gasteiger partial charge in [0.05, 0.1) is 0 Å². The second-order valence-corrected chi connectivity index (χ2v) is 7.59. The van der Waals surface area contributed by atoms with E-state index < -0.39 is 5.60 Å². The van der Waals surface area contributed by atoms with Gasteiger partial charge in [-0.15, -0.1) is 0 Å². The van der Waals surface area contributed by atoms with Gasteiger partial charge in [0.1, 0.15) is 5.60 Å². The largest absolute Gasteiger partial charge is 0.444 e. The first-order chi connectivity index (χ1) is 9.87. The number of likely N-dealkylation sites (tertiary alicyclic amines) is 1. The summed E-state index contributed by atoms with van der Waals surface area (Å²) in [7, 11) is 0. The lowest BCUT2D eigenvalue weighted by Gasteiger charge is -2.39. The first-order valence-electron chi connectivity index (χ1n) is 7.92. The molecule has 0 saturated carbocycles. The number of carbonyl (C=O) groups excluding carboxylic acids is 1. The van der Waals surface area contributed by atoms with Crippen LogP contribution in [0.5, 0.6) is 0 Å². The molecule has 0 atom stereocenters. The Morgan fingerprint density at radius 2 is 1.62 bits per heavy atom. The molecule has 0 bridgehead atoms. The van der Waals surface area contributed by atoms with Crippen LogP contribution in [0, 0.1) is 5.41 Å². The maximum Gasteiger partial charge on any atom is 0.410 e. The summed E-state index contributed by atoms with van der Waals surface area (Å²) in [5.74, 6) is 0. The van der Waals surface area contributed by atoms with E-state index in [1.165, 1.54) is 24.0 Å². The van der Waals surface area contributed by atoms with Gasteiger partial charge in [0.2, 0.25) is 0 Å². The average molecular weight is 287 g/mol. The number of rotatable bonds is 0. The second-order valence-electron chi connectivity index (χ2n) is 7.59. The topological polar surface area (TPSA) is 29.5 Å². The number of fused-ring (bicyclic) bond motifs is 1. The maximum atomic E-state index is 12.1. The van der Waals surface area contributed by atoms with Crippen molar-refractivity contribution >= 4 is 6.09 Å². The van der Waals surface area contributed by atoms with Crippen molar-refractivity contribution in [2.24, 2.45) is 5.41 Å². The summed E-state index contributed by atoms with van der Waals surface area (Å²) in [6.07, 6.45) is 4.35. The number of carbonyl (C=O) groups is 1. The SMILES string of the molecule is CC(C)(C)OC(=O)N1CCC2(CC1)Cc1ccccc1C2. The van der Waals surface area contributed by atoms with Gasteiger partial charge >= 0.3 is 6.09 Å². The first-order valence-corrected chi connectivity index (χ1v) is 7.92.